The van der Waals surface area contributed by atoms with Crippen LogP contribution in [0.15, 0.2) is 46.0 Å². The molecule has 1 aromatic heterocycles. The van der Waals surface area contributed by atoms with Crippen molar-refractivity contribution >= 4 is 33.0 Å². The fraction of sp³-hybridized carbons (Fsp3) is 0.421. The number of sulfonamides is 1. The van der Waals surface area contributed by atoms with Gasteiger partial charge in [0.2, 0.25) is 5.91 Å². The number of hydrogen-bond acceptors (Lipinski definition) is 4. The van der Waals surface area contributed by atoms with Gasteiger partial charge in [-0.15, -0.1) is 11.3 Å². The van der Waals surface area contributed by atoms with Crippen molar-refractivity contribution in [3.8, 4) is 0 Å². The molecule has 2 rings (SSSR count). The number of hydrogen-bond donors (Lipinski definition) is 2. The molecule has 0 radical (unpaired) electrons. The molecule has 0 aliphatic heterocycles. The van der Waals surface area contributed by atoms with E-state index in [-0.39, 0.29) is 22.6 Å². The van der Waals surface area contributed by atoms with Crippen molar-refractivity contribution in [2.24, 2.45) is 5.92 Å². The third-order valence-electron chi connectivity index (χ3n) is 3.92. The molecule has 2 N–H and O–H groups in total. The maximum atomic E-state index is 12.2. The van der Waals surface area contributed by atoms with E-state index < -0.39 is 10.0 Å². The van der Waals surface area contributed by atoms with Gasteiger partial charge in [-0.2, -0.15) is 0 Å². The highest BCUT2D eigenvalue weighted by atomic mass is 32.2. The number of benzene rings is 1. The second-order valence-electron chi connectivity index (χ2n) is 6.85. The van der Waals surface area contributed by atoms with Crippen LogP contribution in [0.25, 0.3) is 0 Å². The molecule has 7 heteroatoms. The van der Waals surface area contributed by atoms with E-state index in [1.165, 1.54) is 11.3 Å². The number of rotatable bonds is 9. The van der Waals surface area contributed by atoms with Crippen molar-refractivity contribution in [1.29, 1.82) is 0 Å². The molecule has 1 aromatic carbocycles. The molecule has 1 unspecified atom stereocenters. The average molecular weight is 395 g/mol. The van der Waals surface area contributed by atoms with Crippen molar-refractivity contribution in [2.75, 3.05) is 4.72 Å². The lowest BCUT2D eigenvalue weighted by Gasteiger charge is -2.15. The first-order chi connectivity index (χ1) is 12.3. The molecule has 1 amide bonds. The summed E-state index contributed by atoms with van der Waals surface area (Å²) < 4.78 is 27.2. The van der Waals surface area contributed by atoms with E-state index in [0.717, 1.165) is 18.4 Å². The summed E-state index contributed by atoms with van der Waals surface area (Å²) in [7, 11) is -3.55. The topological polar surface area (TPSA) is 75.3 Å². The van der Waals surface area contributed by atoms with Gasteiger partial charge in [0.05, 0.1) is 6.42 Å². The summed E-state index contributed by atoms with van der Waals surface area (Å²) in [5.74, 6) is 0.605. The van der Waals surface area contributed by atoms with Crippen LogP contribution in [0.3, 0.4) is 0 Å². The van der Waals surface area contributed by atoms with Gasteiger partial charge in [-0.3, -0.25) is 9.52 Å². The third kappa shape index (κ3) is 6.46. The average Bonchev–Trinajstić information content (AvgIpc) is 3.10. The summed E-state index contributed by atoms with van der Waals surface area (Å²) in [6.07, 6.45) is 2.33. The van der Waals surface area contributed by atoms with Crippen LogP contribution in [0.5, 0.6) is 0 Å². The van der Waals surface area contributed by atoms with Crippen molar-refractivity contribution in [3.63, 3.8) is 0 Å². The molecule has 0 bridgehead atoms. The quantitative estimate of drug-likeness (QED) is 0.674. The van der Waals surface area contributed by atoms with Crippen LogP contribution in [-0.4, -0.2) is 20.4 Å². The molecule has 1 atom stereocenters. The molecule has 142 valence electrons. The van der Waals surface area contributed by atoms with Crippen LogP contribution >= 0.6 is 11.3 Å². The van der Waals surface area contributed by atoms with Crippen molar-refractivity contribution in [3.05, 3.63) is 47.3 Å². The lowest BCUT2D eigenvalue weighted by molar-refractivity contribution is -0.121. The van der Waals surface area contributed by atoms with Crippen molar-refractivity contribution in [2.45, 2.75) is 50.3 Å². The summed E-state index contributed by atoms with van der Waals surface area (Å²) in [6, 6.07) is 10.3. The lowest BCUT2D eigenvalue weighted by Crippen LogP contribution is -2.33. The van der Waals surface area contributed by atoms with Gasteiger partial charge < -0.3 is 5.32 Å². The minimum Gasteiger partial charge on any atom is -0.353 e. The minimum atomic E-state index is -3.55. The molecule has 2 aromatic rings. The smallest absolute Gasteiger partial charge is 0.271 e. The maximum Gasteiger partial charge on any atom is 0.271 e. The Hall–Kier alpha value is -1.86. The van der Waals surface area contributed by atoms with Gasteiger partial charge in [0.1, 0.15) is 4.21 Å². The largest absolute Gasteiger partial charge is 0.353 e. The Labute approximate surface area is 159 Å². The molecule has 0 saturated heterocycles. The summed E-state index contributed by atoms with van der Waals surface area (Å²) in [5.41, 5.74) is 1.32. The normalized spacial score (nSPS) is 12.8. The maximum absolute atomic E-state index is 12.2. The number of thiophene rings is 1. The van der Waals surface area contributed by atoms with Crippen molar-refractivity contribution < 1.29 is 13.2 Å². The van der Waals surface area contributed by atoms with Gasteiger partial charge in [0, 0.05) is 11.7 Å². The first kappa shape index (κ1) is 20.5. The van der Waals surface area contributed by atoms with E-state index in [9.17, 15) is 13.2 Å². The van der Waals surface area contributed by atoms with Crippen LogP contribution in [-0.2, 0) is 21.2 Å². The van der Waals surface area contributed by atoms with E-state index in [1.807, 2.05) is 6.92 Å². The molecular formula is C19H26N2O3S2. The van der Waals surface area contributed by atoms with E-state index >= 15 is 0 Å². The summed E-state index contributed by atoms with van der Waals surface area (Å²) in [6.45, 7) is 6.36. The van der Waals surface area contributed by atoms with Crippen LogP contribution in [0.1, 0.15) is 39.2 Å². The predicted molar refractivity (Wildman–Crippen MR) is 107 cm³/mol. The zero-order chi connectivity index (χ0) is 19.2. The van der Waals surface area contributed by atoms with E-state index in [2.05, 4.69) is 23.9 Å². The van der Waals surface area contributed by atoms with Gasteiger partial charge in [0.25, 0.3) is 10.0 Å². The van der Waals surface area contributed by atoms with Crippen LogP contribution in [0, 0.1) is 5.92 Å². The van der Waals surface area contributed by atoms with Gasteiger partial charge in [0.15, 0.2) is 0 Å². The summed E-state index contributed by atoms with van der Waals surface area (Å²) >= 11 is 1.17. The highest BCUT2D eigenvalue weighted by Gasteiger charge is 2.15. The Morgan fingerprint density at radius 2 is 1.77 bits per heavy atom. The van der Waals surface area contributed by atoms with Gasteiger partial charge in [-0.05, 0) is 54.8 Å². The Morgan fingerprint density at radius 3 is 2.35 bits per heavy atom. The molecular weight excluding hydrogens is 368 g/mol. The molecule has 0 saturated carbocycles. The number of nitrogens with one attached hydrogen (secondary N) is 2. The second kappa shape index (κ2) is 9.19. The highest BCUT2D eigenvalue weighted by Crippen LogP contribution is 2.20. The van der Waals surface area contributed by atoms with Crippen molar-refractivity contribution in [1.82, 2.24) is 5.32 Å². The molecule has 0 aliphatic carbocycles. The van der Waals surface area contributed by atoms with E-state index in [1.54, 1.807) is 41.8 Å². The molecule has 26 heavy (non-hydrogen) atoms. The fourth-order valence-corrected chi connectivity index (χ4v) is 4.53. The van der Waals surface area contributed by atoms with Crippen LogP contribution in [0.2, 0.25) is 0 Å². The van der Waals surface area contributed by atoms with Gasteiger partial charge in [-0.1, -0.05) is 32.0 Å². The zero-order valence-electron chi connectivity index (χ0n) is 15.4. The monoisotopic (exact) mass is 394 g/mol. The molecule has 1 heterocycles. The van der Waals surface area contributed by atoms with Gasteiger partial charge >= 0.3 is 0 Å². The Kier molecular flexibility index (Phi) is 7.23. The number of anilines is 1. The van der Waals surface area contributed by atoms with Crippen LogP contribution in [0.4, 0.5) is 5.69 Å². The first-order valence-corrected chi connectivity index (χ1v) is 11.1. The summed E-state index contributed by atoms with van der Waals surface area (Å²) in [5, 5.41) is 4.73. The second-order valence-corrected chi connectivity index (χ2v) is 9.71. The minimum absolute atomic E-state index is 0.0202. The number of carbonyl (C=O) groups is 1. The Balaban J connectivity index is 1.88. The van der Waals surface area contributed by atoms with Gasteiger partial charge in [-0.25, -0.2) is 8.42 Å². The SMILES string of the molecule is CC(C)CCC(C)NC(=O)Cc1ccc(NS(=O)(=O)c2cccs2)cc1. The first-order valence-electron chi connectivity index (χ1n) is 8.71. The molecule has 5 nitrogen and oxygen atoms in total. The van der Waals surface area contributed by atoms with E-state index in [0.29, 0.717) is 11.6 Å². The van der Waals surface area contributed by atoms with E-state index in [4.69, 9.17) is 0 Å². The lowest BCUT2D eigenvalue weighted by atomic mass is 10.0. The summed E-state index contributed by atoms with van der Waals surface area (Å²) in [4.78, 5) is 12.1. The zero-order valence-corrected chi connectivity index (χ0v) is 17.0. The molecule has 0 fully saturated rings. The fourth-order valence-electron chi connectivity index (χ4n) is 2.48. The highest BCUT2D eigenvalue weighted by molar-refractivity contribution is 7.94. The Bertz CT molecular complexity index is 798. The third-order valence-corrected chi connectivity index (χ3v) is 6.69. The van der Waals surface area contributed by atoms with Crippen LogP contribution < -0.4 is 10.0 Å². The molecule has 0 spiro atoms. The number of carbonyl (C=O) groups excluding carboxylic acids is 1. The molecule has 0 aliphatic rings. The Morgan fingerprint density at radius 1 is 1.08 bits per heavy atom. The number of amides is 1. The standard InChI is InChI=1S/C19H26N2O3S2/c1-14(2)6-7-15(3)20-18(22)13-16-8-10-17(11-9-16)21-26(23,24)19-5-4-12-25-19/h4-5,8-12,14-15,21H,6-7,13H2,1-3H3,(H,20,22). The predicted octanol–water partition coefficient (Wildman–Crippen LogP) is 4.03.